The molecule has 2 saturated carbocycles. The van der Waals surface area contributed by atoms with Gasteiger partial charge in [0, 0.05) is 35.4 Å². The molecule has 20 heavy (non-hydrogen) atoms. The molecule has 4 nitrogen and oxygen atoms in total. The Labute approximate surface area is 117 Å². The number of nitrogens with zero attached hydrogens (tertiary/aromatic N) is 1. The summed E-state index contributed by atoms with van der Waals surface area (Å²) in [5, 5.41) is 0.941. The molecule has 2 aliphatic carbocycles. The summed E-state index contributed by atoms with van der Waals surface area (Å²) in [4.78, 5) is 18.1. The highest BCUT2D eigenvalue weighted by atomic mass is 16.2. The van der Waals surface area contributed by atoms with E-state index in [1.807, 2.05) is 24.4 Å². The first-order chi connectivity index (χ1) is 9.72. The average molecular weight is 269 g/mol. The molecule has 0 spiro atoms. The van der Waals surface area contributed by atoms with Crippen LogP contribution >= 0.6 is 0 Å². The minimum absolute atomic E-state index is 0.163. The van der Waals surface area contributed by atoms with Crippen LogP contribution in [0.4, 0.5) is 5.69 Å². The Morgan fingerprint density at radius 2 is 2.10 bits per heavy atom. The maximum Gasteiger partial charge on any atom is 0.256 e. The molecule has 2 aromatic rings. The average Bonchev–Trinajstić information content (AvgIpc) is 3.33. The van der Waals surface area contributed by atoms with E-state index in [1.165, 1.54) is 12.8 Å². The molecular weight excluding hydrogens is 250 g/mol. The van der Waals surface area contributed by atoms with Gasteiger partial charge in [-0.1, -0.05) is 0 Å². The fraction of sp³-hybridized carbons (Fsp3) is 0.438. The van der Waals surface area contributed by atoms with Gasteiger partial charge in [-0.15, -0.1) is 0 Å². The van der Waals surface area contributed by atoms with E-state index < -0.39 is 0 Å². The number of rotatable bonds is 4. The minimum atomic E-state index is 0.163. The fourth-order valence-corrected chi connectivity index (χ4v) is 2.83. The Kier molecular flexibility index (Phi) is 2.52. The lowest BCUT2D eigenvalue weighted by atomic mass is 10.1. The van der Waals surface area contributed by atoms with Crippen LogP contribution in [-0.4, -0.2) is 28.4 Å². The number of nitrogen functional groups attached to an aromatic ring is 1. The molecule has 2 fully saturated rings. The summed E-state index contributed by atoms with van der Waals surface area (Å²) in [5.74, 6) is 0.895. The lowest BCUT2D eigenvalue weighted by molar-refractivity contribution is 0.0737. The Hall–Kier alpha value is -1.97. The summed E-state index contributed by atoms with van der Waals surface area (Å²) in [7, 11) is 0. The van der Waals surface area contributed by atoms with Gasteiger partial charge in [0.2, 0.25) is 0 Å². The van der Waals surface area contributed by atoms with E-state index in [4.69, 9.17) is 5.73 Å². The number of aromatic amines is 1. The summed E-state index contributed by atoms with van der Waals surface area (Å²) in [6.07, 6.45) is 6.69. The molecule has 0 saturated heterocycles. The van der Waals surface area contributed by atoms with Crippen molar-refractivity contribution < 1.29 is 4.79 Å². The Balaban J connectivity index is 1.69. The highest BCUT2D eigenvalue weighted by molar-refractivity contribution is 6.07. The molecule has 0 radical (unpaired) electrons. The summed E-state index contributed by atoms with van der Waals surface area (Å²) in [6, 6.07) is 6.15. The van der Waals surface area contributed by atoms with Crippen LogP contribution in [0, 0.1) is 5.92 Å². The normalized spacial score (nSPS) is 18.4. The summed E-state index contributed by atoms with van der Waals surface area (Å²) < 4.78 is 0. The molecule has 1 aromatic carbocycles. The van der Waals surface area contributed by atoms with Gasteiger partial charge in [0.05, 0.1) is 5.56 Å². The number of carbonyl (C=O) groups is 1. The summed E-state index contributed by atoms with van der Waals surface area (Å²) in [6.45, 7) is 0.929. The lowest BCUT2D eigenvalue weighted by Gasteiger charge is -2.22. The van der Waals surface area contributed by atoms with Crippen molar-refractivity contribution in [1.29, 1.82) is 0 Å². The van der Waals surface area contributed by atoms with Crippen LogP contribution in [-0.2, 0) is 0 Å². The number of aromatic nitrogens is 1. The summed E-state index contributed by atoms with van der Waals surface area (Å²) in [5.41, 5.74) is 8.29. The van der Waals surface area contributed by atoms with Crippen molar-refractivity contribution >= 4 is 22.5 Å². The topological polar surface area (TPSA) is 62.1 Å². The van der Waals surface area contributed by atoms with Crippen molar-refractivity contribution in [2.75, 3.05) is 12.3 Å². The number of nitrogens with one attached hydrogen (secondary N) is 1. The molecule has 3 N–H and O–H groups in total. The van der Waals surface area contributed by atoms with Crippen LogP contribution in [0.2, 0.25) is 0 Å². The zero-order chi connectivity index (χ0) is 13.7. The van der Waals surface area contributed by atoms with Gasteiger partial charge in [0.1, 0.15) is 0 Å². The van der Waals surface area contributed by atoms with E-state index in [9.17, 15) is 4.79 Å². The van der Waals surface area contributed by atoms with Gasteiger partial charge in [0.15, 0.2) is 0 Å². The van der Waals surface area contributed by atoms with Crippen LogP contribution in [0.5, 0.6) is 0 Å². The van der Waals surface area contributed by atoms with Crippen molar-refractivity contribution in [2.24, 2.45) is 5.92 Å². The molecule has 0 atom stereocenters. The predicted octanol–water partition coefficient (Wildman–Crippen LogP) is 2.76. The zero-order valence-electron chi connectivity index (χ0n) is 11.4. The smallest absolute Gasteiger partial charge is 0.256 e. The van der Waals surface area contributed by atoms with Gasteiger partial charge in [-0.3, -0.25) is 4.79 Å². The highest BCUT2D eigenvalue weighted by Gasteiger charge is 2.37. The molecule has 4 rings (SSSR count). The van der Waals surface area contributed by atoms with Gasteiger partial charge in [-0.05, 0) is 49.8 Å². The zero-order valence-corrected chi connectivity index (χ0v) is 11.4. The minimum Gasteiger partial charge on any atom is -0.399 e. The third-order valence-corrected chi connectivity index (χ3v) is 4.34. The highest BCUT2D eigenvalue weighted by Crippen LogP contribution is 2.36. The van der Waals surface area contributed by atoms with Crippen LogP contribution in [0.1, 0.15) is 36.0 Å². The van der Waals surface area contributed by atoms with Crippen molar-refractivity contribution in [3.05, 3.63) is 30.0 Å². The molecule has 0 aliphatic heterocycles. The van der Waals surface area contributed by atoms with Crippen molar-refractivity contribution in [3.63, 3.8) is 0 Å². The van der Waals surface area contributed by atoms with Crippen molar-refractivity contribution in [2.45, 2.75) is 31.7 Å². The molecule has 0 unspecified atom stereocenters. The number of amides is 1. The molecule has 1 aromatic heterocycles. The first-order valence-corrected chi connectivity index (χ1v) is 7.40. The first-order valence-electron chi connectivity index (χ1n) is 7.40. The second-order valence-corrected chi connectivity index (χ2v) is 6.14. The van der Waals surface area contributed by atoms with E-state index in [0.29, 0.717) is 11.7 Å². The quantitative estimate of drug-likeness (QED) is 0.838. The SMILES string of the molecule is Nc1ccc2[nH]cc(C(=O)N(CC3CC3)C3CC3)c2c1. The molecule has 0 bridgehead atoms. The number of anilines is 1. The third kappa shape index (κ3) is 2.05. The van der Waals surface area contributed by atoms with Crippen LogP contribution in [0.3, 0.4) is 0 Å². The first kappa shape index (κ1) is 11.8. The fourth-order valence-electron chi connectivity index (χ4n) is 2.83. The van der Waals surface area contributed by atoms with E-state index >= 15 is 0 Å². The second-order valence-electron chi connectivity index (χ2n) is 6.14. The number of hydrogen-bond donors (Lipinski definition) is 2. The largest absolute Gasteiger partial charge is 0.399 e. The number of nitrogens with two attached hydrogens (primary N) is 1. The number of hydrogen-bond acceptors (Lipinski definition) is 2. The predicted molar refractivity (Wildman–Crippen MR) is 79.5 cm³/mol. The molecular formula is C16H19N3O. The maximum atomic E-state index is 12.8. The standard InChI is InChI=1S/C16H19N3O/c17-11-3-6-15-13(7-11)14(8-18-15)16(20)19(12-4-5-12)9-10-1-2-10/h3,6-8,10,12,18H,1-2,4-5,9,17H2. The molecule has 104 valence electrons. The monoisotopic (exact) mass is 269 g/mol. The van der Waals surface area contributed by atoms with E-state index in [-0.39, 0.29) is 5.91 Å². The number of benzene rings is 1. The lowest BCUT2D eigenvalue weighted by Crippen LogP contribution is -2.34. The van der Waals surface area contributed by atoms with Gasteiger partial charge in [-0.2, -0.15) is 0 Å². The van der Waals surface area contributed by atoms with Crippen molar-refractivity contribution in [3.8, 4) is 0 Å². The second kappa shape index (κ2) is 4.27. The Morgan fingerprint density at radius 3 is 2.80 bits per heavy atom. The number of carbonyl (C=O) groups excluding carboxylic acids is 1. The van der Waals surface area contributed by atoms with Crippen LogP contribution in [0.25, 0.3) is 10.9 Å². The Bertz CT molecular complexity index is 667. The third-order valence-electron chi connectivity index (χ3n) is 4.34. The summed E-state index contributed by atoms with van der Waals surface area (Å²) >= 11 is 0. The van der Waals surface area contributed by atoms with Gasteiger partial charge in [-0.25, -0.2) is 0 Å². The van der Waals surface area contributed by atoms with E-state index in [0.717, 1.165) is 41.8 Å². The van der Waals surface area contributed by atoms with E-state index in [2.05, 4.69) is 9.88 Å². The van der Waals surface area contributed by atoms with Crippen molar-refractivity contribution in [1.82, 2.24) is 9.88 Å². The van der Waals surface area contributed by atoms with Gasteiger partial charge < -0.3 is 15.6 Å². The molecule has 4 heteroatoms. The van der Waals surface area contributed by atoms with Crippen LogP contribution < -0.4 is 5.73 Å². The number of H-pyrrole nitrogens is 1. The Morgan fingerprint density at radius 1 is 1.30 bits per heavy atom. The molecule has 1 amide bonds. The molecule has 1 heterocycles. The number of fused-ring (bicyclic) bond motifs is 1. The van der Waals surface area contributed by atoms with Gasteiger partial charge in [0.25, 0.3) is 5.91 Å². The van der Waals surface area contributed by atoms with Crippen LogP contribution in [0.15, 0.2) is 24.4 Å². The van der Waals surface area contributed by atoms with Gasteiger partial charge >= 0.3 is 0 Å². The molecule has 2 aliphatic rings. The maximum absolute atomic E-state index is 12.8. The van der Waals surface area contributed by atoms with E-state index in [1.54, 1.807) is 0 Å².